The molecule has 5 nitrogen and oxygen atoms in total. The van der Waals surface area contributed by atoms with Crippen LogP contribution < -0.4 is 0 Å². The molecule has 0 saturated carbocycles. The van der Waals surface area contributed by atoms with Gasteiger partial charge in [0.2, 0.25) is 5.91 Å². The molecule has 3 aromatic heterocycles. The average Bonchev–Trinajstić information content (AvgIpc) is 3.11. The maximum atomic E-state index is 12.2. The van der Waals surface area contributed by atoms with E-state index >= 15 is 0 Å². The van der Waals surface area contributed by atoms with Crippen LogP contribution in [0, 0.1) is 12.8 Å². The molecule has 0 atom stereocenters. The van der Waals surface area contributed by atoms with Crippen LogP contribution in [0.3, 0.4) is 0 Å². The number of nitrogens with zero attached hydrogens (tertiary/aromatic N) is 3. The molecule has 0 aliphatic carbocycles. The molecular weight excluding hydrogens is 308 g/mol. The SMILES string of the molecule is Cc1nc(CC(=O)N2CC(Cc3nccc4cc[nH]c34)C2)cs1. The van der Waals surface area contributed by atoms with E-state index in [2.05, 4.69) is 21.0 Å². The summed E-state index contributed by atoms with van der Waals surface area (Å²) < 4.78 is 0. The lowest BCUT2D eigenvalue weighted by Crippen LogP contribution is -2.51. The Morgan fingerprint density at radius 2 is 2.30 bits per heavy atom. The minimum absolute atomic E-state index is 0.178. The highest BCUT2D eigenvalue weighted by Crippen LogP contribution is 2.24. The third-order valence-electron chi connectivity index (χ3n) is 4.34. The van der Waals surface area contributed by atoms with Gasteiger partial charge in [-0.05, 0) is 31.4 Å². The first kappa shape index (κ1) is 14.4. The third-order valence-corrected chi connectivity index (χ3v) is 5.17. The molecule has 23 heavy (non-hydrogen) atoms. The predicted molar refractivity (Wildman–Crippen MR) is 90.4 cm³/mol. The number of H-pyrrole nitrogens is 1. The van der Waals surface area contributed by atoms with Gasteiger partial charge in [0.15, 0.2) is 0 Å². The largest absolute Gasteiger partial charge is 0.360 e. The fraction of sp³-hybridized carbons (Fsp3) is 0.353. The number of fused-ring (bicyclic) bond motifs is 1. The van der Waals surface area contributed by atoms with E-state index in [1.54, 1.807) is 11.3 Å². The molecule has 6 heteroatoms. The van der Waals surface area contributed by atoms with Crippen molar-refractivity contribution in [3.05, 3.63) is 46.3 Å². The van der Waals surface area contributed by atoms with Gasteiger partial charge in [0.25, 0.3) is 0 Å². The summed E-state index contributed by atoms with van der Waals surface area (Å²) in [6, 6.07) is 4.08. The summed E-state index contributed by atoms with van der Waals surface area (Å²) in [6.45, 7) is 3.61. The summed E-state index contributed by atoms with van der Waals surface area (Å²) in [4.78, 5) is 26.3. The van der Waals surface area contributed by atoms with Gasteiger partial charge in [0, 0.05) is 36.2 Å². The second-order valence-corrected chi connectivity index (χ2v) is 7.17. The summed E-state index contributed by atoms with van der Waals surface area (Å²) in [5.41, 5.74) is 3.11. The van der Waals surface area contributed by atoms with Gasteiger partial charge in [-0.3, -0.25) is 9.78 Å². The minimum atomic E-state index is 0.178. The monoisotopic (exact) mass is 326 g/mol. The molecule has 1 aliphatic rings. The molecule has 0 radical (unpaired) electrons. The molecule has 1 saturated heterocycles. The van der Waals surface area contributed by atoms with Crippen LogP contribution in [0.1, 0.15) is 16.4 Å². The number of hydrogen-bond donors (Lipinski definition) is 1. The smallest absolute Gasteiger partial charge is 0.228 e. The molecule has 0 bridgehead atoms. The summed E-state index contributed by atoms with van der Waals surface area (Å²) in [6.07, 6.45) is 5.14. The molecule has 0 aromatic carbocycles. The zero-order valence-corrected chi connectivity index (χ0v) is 13.8. The number of likely N-dealkylation sites (tertiary alicyclic amines) is 1. The summed E-state index contributed by atoms with van der Waals surface area (Å²) in [5.74, 6) is 0.676. The molecule has 3 aromatic rings. The van der Waals surface area contributed by atoms with Gasteiger partial charge in [-0.2, -0.15) is 0 Å². The van der Waals surface area contributed by atoms with E-state index in [0.717, 1.165) is 41.4 Å². The normalized spacial score (nSPS) is 15.1. The Balaban J connectivity index is 1.34. The zero-order valence-electron chi connectivity index (χ0n) is 13.0. The van der Waals surface area contributed by atoms with Crippen molar-refractivity contribution in [3.63, 3.8) is 0 Å². The number of aromatic amines is 1. The maximum Gasteiger partial charge on any atom is 0.228 e. The van der Waals surface area contributed by atoms with Gasteiger partial charge >= 0.3 is 0 Å². The van der Waals surface area contributed by atoms with Crippen LogP contribution in [0.5, 0.6) is 0 Å². The molecule has 118 valence electrons. The molecule has 1 amide bonds. The molecule has 0 unspecified atom stereocenters. The molecule has 4 rings (SSSR count). The maximum absolute atomic E-state index is 12.2. The average molecular weight is 326 g/mol. The number of nitrogens with one attached hydrogen (secondary N) is 1. The van der Waals surface area contributed by atoms with Crippen LogP contribution in [0.15, 0.2) is 29.9 Å². The highest BCUT2D eigenvalue weighted by atomic mass is 32.1. The van der Waals surface area contributed by atoms with Gasteiger partial charge in [0.05, 0.1) is 28.3 Å². The van der Waals surface area contributed by atoms with Crippen molar-refractivity contribution in [2.24, 2.45) is 5.92 Å². The van der Waals surface area contributed by atoms with Crippen LogP contribution in [0.25, 0.3) is 10.9 Å². The first-order valence-corrected chi connectivity index (χ1v) is 8.67. The van der Waals surface area contributed by atoms with Crippen LogP contribution in [0.2, 0.25) is 0 Å². The Bertz CT molecular complexity index is 847. The number of aromatic nitrogens is 3. The van der Waals surface area contributed by atoms with Crippen LogP contribution in [-0.4, -0.2) is 38.8 Å². The van der Waals surface area contributed by atoms with E-state index in [1.165, 1.54) is 5.39 Å². The number of amides is 1. The highest BCUT2D eigenvalue weighted by molar-refractivity contribution is 7.09. The summed E-state index contributed by atoms with van der Waals surface area (Å²) >= 11 is 1.59. The first-order valence-electron chi connectivity index (χ1n) is 7.79. The van der Waals surface area contributed by atoms with Gasteiger partial charge in [-0.25, -0.2) is 4.98 Å². The topological polar surface area (TPSA) is 61.9 Å². The number of thiazole rings is 1. The Morgan fingerprint density at radius 1 is 1.43 bits per heavy atom. The Kier molecular flexibility index (Phi) is 3.61. The van der Waals surface area contributed by atoms with Gasteiger partial charge in [0.1, 0.15) is 0 Å². The lowest BCUT2D eigenvalue weighted by Gasteiger charge is -2.39. The fourth-order valence-corrected chi connectivity index (χ4v) is 3.74. The van der Waals surface area contributed by atoms with Crippen molar-refractivity contribution in [3.8, 4) is 0 Å². The van der Waals surface area contributed by atoms with E-state index < -0.39 is 0 Å². The Labute approximate surface area is 138 Å². The van der Waals surface area contributed by atoms with E-state index in [0.29, 0.717) is 12.3 Å². The number of carbonyl (C=O) groups is 1. The van der Waals surface area contributed by atoms with Crippen LogP contribution in [-0.2, 0) is 17.6 Å². The van der Waals surface area contributed by atoms with Gasteiger partial charge in [-0.1, -0.05) is 0 Å². The molecule has 1 fully saturated rings. The van der Waals surface area contributed by atoms with Crippen molar-refractivity contribution >= 4 is 28.1 Å². The number of aryl methyl sites for hydroxylation is 1. The molecule has 1 N–H and O–H groups in total. The van der Waals surface area contributed by atoms with Gasteiger partial charge in [-0.15, -0.1) is 11.3 Å². The van der Waals surface area contributed by atoms with Crippen molar-refractivity contribution in [1.29, 1.82) is 0 Å². The zero-order chi connectivity index (χ0) is 15.8. The van der Waals surface area contributed by atoms with E-state index in [4.69, 9.17) is 0 Å². The van der Waals surface area contributed by atoms with Crippen molar-refractivity contribution in [2.45, 2.75) is 19.8 Å². The Morgan fingerprint density at radius 3 is 3.09 bits per heavy atom. The minimum Gasteiger partial charge on any atom is -0.360 e. The second kappa shape index (κ2) is 5.77. The number of carbonyl (C=O) groups excluding carboxylic acids is 1. The van der Waals surface area contributed by atoms with E-state index in [1.807, 2.05) is 35.7 Å². The second-order valence-electron chi connectivity index (χ2n) is 6.10. The fourth-order valence-electron chi connectivity index (χ4n) is 3.13. The quantitative estimate of drug-likeness (QED) is 0.801. The summed E-state index contributed by atoms with van der Waals surface area (Å²) in [7, 11) is 0. The predicted octanol–water partition coefficient (Wildman–Crippen LogP) is 2.57. The number of pyridine rings is 1. The lowest BCUT2D eigenvalue weighted by molar-refractivity contribution is -0.136. The third kappa shape index (κ3) is 2.86. The van der Waals surface area contributed by atoms with E-state index in [9.17, 15) is 4.79 Å². The highest BCUT2D eigenvalue weighted by Gasteiger charge is 2.31. The summed E-state index contributed by atoms with van der Waals surface area (Å²) in [5, 5.41) is 4.18. The molecule has 0 spiro atoms. The molecule has 4 heterocycles. The van der Waals surface area contributed by atoms with Gasteiger partial charge < -0.3 is 9.88 Å². The van der Waals surface area contributed by atoms with Crippen LogP contribution >= 0.6 is 11.3 Å². The first-order chi connectivity index (χ1) is 11.2. The van der Waals surface area contributed by atoms with Crippen molar-refractivity contribution < 1.29 is 4.79 Å². The van der Waals surface area contributed by atoms with Crippen molar-refractivity contribution in [2.75, 3.05) is 13.1 Å². The Hall–Kier alpha value is -2.21. The number of hydrogen-bond acceptors (Lipinski definition) is 4. The van der Waals surface area contributed by atoms with Crippen LogP contribution in [0.4, 0.5) is 0 Å². The lowest BCUT2D eigenvalue weighted by atomic mass is 9.93. The van der Waals surface area contributed by atoms with E-state index in [-0.39, 0.29) is 5.91 Å². The molecular formula is C17H18N4OS. The standard InChI is InChI=1S/C17H18N4OS/c1-11-20-14(10-23-11)7-16(22)21-8-12(9-21)6-15-17-13(2-4-18-15)3-5-19-17/h2-5,10,12,19H,6-9H2,1H3. The van der Waals surface area contributed by atoms with Crippen molar-refractivity contribution in [1.82, 2.24) is 19.9 Å². The number of rotatable bonds is 4. The molecule has 1 aliphatic heterocycles.